The van der Waals surface area contributed by atoms with Gasteiger partial charge < -0.3 is 10.4 Å². The van der Waals surface area contributed by atoms with Gasteiger partial charge in [-0.3, -0.25) is 9.69 Å². The van der Waals surface area contributed by atoms with E-state index in [1.165, 1.54) is 16.9 Å². The Morgan fingerprint density at radius 3 is 2.80 bits per heavy atom. The van der Waals surface area contributed by atoms with Crippen molar-refractivity contribution in [3.8, 4) is 5.82 Å². The van der Waals surface area contributed by atoms with Crippen LogP contribution in [0.5, 0.6) is 0 Å². The van der Waals surface area contributed by atoms with Crippen LogP contribution in [0, 0.1) is 5.82 Å². The van der Waals surface area contributed by atoms with E-state index in [0.29, 0.717) is 46.9 Å². The summed E-state index contributed by atoms with van der Waals surface area (Å²) in [5.74, 6) is 0.346. The van der Waals surface area contributed by atoms with Crippen LogP contribution < -0.4 is 10.9 Å². The Hall–Kier alpha value is -3.89. The lowest BCUT2D eigenvalue weighted by Gasteiger charge is -2.18. The molecule has 5 rings (SSSR count). The fourth-order valence-corrected chi connectivity index (χ4v) is 4.32. The molecule has 0 atom stereocenters. The molecule has 1 aromatic carbocycles. The van der Waals surface area contributed by atoms with E-state index in [9.17, 15) is 14.3 Å². The number of pyridine rings is 1. The van der Waals surface area contributed by atoms with E-state index < -0.39 is 5.60 Å². The number of nitrogens with zero attached hydrogens (tertiary/aromatic N) is 6. The van der Waals surface area contributed by atoms with E-state index in [4.69, 9.17) is 0 Å². The van der Waals surface area contributed by atoms with Gasteiger partial charge in [-0.1, -0.05) is 12.1 Å². The number of anilines is 2. The predicted octanol–water partition coefficient (Wildman–Crippen LogP) is 3.22. The summed E-state index contributed by atoms with van der Waals surface area (Å²) in [5.41, 5.74) is 1.44. The Labute approximate surface area is 201 Å². The van der Waals surface area contributed by atoms with Crippen molar-refractivity contribution < 1.29 is 9.50 Å². The van der Waals surface area contributed by atoms with Crippen LogP contribution in [0.1, 0.15) is 30.7 Å². The van der Waals surface area contributed by atoms with E-state index in [1.807, 2.05) is 18.0 Å². The van der Waals surface area contributed by atoms with Crippen molar-refractivity contribution in [3.63, 3.8) is 0 Å². The van der Waals surface area contributed by atoms with Crippen LogP contribution in [0.25, 0.3) is 16.9 Å². The lowest BCUT2D eigenvalue weighted by molar-refractivity contribution is 0.0738. The average Bonchev–Trinajstić information content (AvgIpc) is 3.31. The molecule has 1 aliphatic heterocycles. The molecule has 0 radical (unpaired) electrons. The van der Waals surface area contributed by atoms with Crippen LogP contribution in [0.15, 0.2) is 54.0 Å². The second-order valence-electron chi connectivity index (χ2n) is 9.25. The molecule has 0 amide bonds. The van der Waals surface area contributed by atoms with Gasteiger partial charge in [-0.05, 0) is 50.7 Å². The highest BCUT2D eigenvalue weighted by atomic mass is 19.1. The molecule has 9 nitrogen and oxygen atoms in total. The van der Waals surface area contributed by atoms with Crippen LogP contribution in [0.4, 0.5) is 16.0 Å². The topological polar surface area (TPSA) is 101 Å². The normalized spacial score (nSPS) is 13.9. The van der Waals surface area contributed by atoms with Gasteiger partial charge in [0.1, 0.15) is 16.8 Å². The van der Waals surface area contributed by atoms with E-state index in [-0.39, 0.29) is 23.9 Å². The summed E-state index contributed by atoms with van der Waals surface area (Å²) in [6.45, 7) is 8.49. The first-order chi connectivity index (χ1) is 16.7. The molecule has 3 aromatic heterocycles. The van der Waals surface area contributed by atoms with Crippen LogP contribution in [0.2, 0.25) is 0 Å². The Bertz CT molecular complexity index is 1520. The molecule has 0 bridgehead atoms. The molecule has 4 heterocycles. The molecule has 180 valence electrons. The molecule has 0 saturated heterocycles. The third-order valence-electron chi connectivity index (χ3n) is 5.97. The van der Waals surface area contributed by atoms with Crippen LogP contribution >= 0.6 is 0 Å². The number of rotatable bonds is 6. The van der Waals surface area contributed by atoms with Crippen molar-refractivity contribution in [1.82, 2.24) is 29.2 Å². The smallest absolute Gasteiger partial charge is 0.278 e. The fraction of sp³-hybridized carbons (Fsp3) is 0.280. The Balaban J connectivity index is 1.63. The quantitative estimate of drug-likeness (QED) is 0.413. The number of aromatic nitrogens is 5. The van der Waals surface area contributed by atoms with Crippen molar-refractivity contribution in [2.45, 2.75) is 39.1 Å². The summed E-state index contributed by atoms with van der Waals surface area (Å²) in [4.78, 5) is 28.6. The van der Waals surface area contributed by atoms with Gasteiger partial charge in [0.15, 0.2) is 11.5 Å². The maximum Gasteiger partial charge on any atom is 0.278 e. The maximum atomic E-state index is 14.6. The molecule has 0 spiro atoms. The molecule has 0 saturated carbocycles. The number of aliphatic hydroxyl groups is 1. The van der Waals surface area contributed by atoms with Crippen molar-refractivity contribution in [2.75, 3.05) is 12.4 Å². The summed E-state index contributed by atoms with van der Waals surface area (Å²) in [6.07, 6.45) is 3.05. The van der Waals surface area contributed by atoms with Gasteiger partial charge in [-0.25, -0.2) is 23.7 Å². The first-order valence-corrected chi connectivity index (χ1v) is 11.2. The van der Waals surface area contributed by atoms with Crippen molar-refractivity contribution in [1.29, 1.82) is 0 Å². The number of benzene rings is 1. The van der Waals surface area contributed by atoms with E-state index in [2.05, 4.69) is 26.8 Å². The predicted molar refractivity (Wildman–Crippen MR) is 131 cm³/mol. The second kappa shape index (κ2) is 8.40. The van der Waals surface area contributed by atoms with E-state index >= 15 is 0 Å². The van der Waals surface area contributed by atoms with Crippen LogP contribution in [0.3, 0.4) is 0 Å². The number of hydrogen-bond donors (Lipinski definition) is 2. The zero-order valence-corrected chi connectivity index (χ0v) is 19.8. The van der Waals surface area contributed by atoms with Gasteiger partial charge in [0.2, 0.25) is 5.95 Å². The maximum absolute atomic E-state index is 14.6. The molecule has 0 fully saturated rings. The third kappa shape index (κ3) is 4.11. The number of nitrogens with one attached hydrogen (secondary N) is 1. The first-order valence-electron chi connectivity index (χ1n) is 11.2. The van der Waals surface area contributed by atoms with E-state index in [1.54, 1.807) is 42.8 Å². The molecule has 2 N–H and O–H groups in total. The standard InChI is InChI=1S/C25H26FN7O2/c1-5-9-32-23(34)17-12-27-24(28-16-10-15-13-31(4)14-18(15)19(26)11-16)30-22(17)33(32)21-8-6-7-20(29-21)25(2,3)35/h5-8,10-12,35H,1,9,13-14H2,2-4H3,(H,27,28,30). The van der Waals surface area contributed by atoms with Gasteiger partial charge in [-0.2, -0.15) is 4.98 Å². The van der Waals surface area contributed by atoms with E-state index in [0.717, 1.165) is 5.56 Å². The highest BCUT2D eigenvalue weighted by Crippen LogP contribution is 2.29. The first kappa shape index (κ1) is 22.9. The number of halogens is 1. The Kier molecular flexibility index (Phi) is 5.49. The Morgan fingerprint density at radius 1 is 1.26 bits per heavy atom. The molecule has 10 heteroatoms. The minimum atomic E-state index is -1.17. The fourth-order valence-electron chi connectivity index (χ4n) is 4.32. The van der Waals surface area contributed by atoms with Gasteiger partial charge in [-0.15, -0.1) is 6.58 Å². The molecule has 35 heavy (non-hydrogen) atoms. The monoisotopic (exact) mass is 475 g/mol. The number of allylic oxidation sites excluding steroid dienone is 1. The van der Waals surface area contributed by atoms with Gasteiger partial charge in [0, 0.05) is 30.5 Å². The highest BCUT2D eigenvalue weighted by molar-refractivity contribution is 5.77. The van der Waals surface area contributed by atoms with Crippen molar-refractivity contribution in [3.05, 3.63) is 82.2 Å². The molecule has 0 unspecified atom stereocenters. The average molecular weight is 476 g/mol. The molecule has 1 aliphatic rings. The molecule has 4 aromatic rings. The van der Waals surface area contributed by atoms with Crippen LogP contribution in [-0.4, -0.2) is 41.4 Å². The highest BCUT2D eigenvalue weighted by Gasteiger charge is 2.23. The minimum absolute atomic E-state index is 0.214. The molecular formula is C25H26FN7O2. The van der Waals surface area contributed by atoms with Crippen molar-refractivity contribution in [2.24, 2.45) is 0 Å². The summed E-state index contributed by atoms with van der Waals surface area (Å²) >= 11 is 0. The third-order valence-corrected chi connectivity index (χ3v) is 5.97. The van der Waals surface area contributed by atoms with Gasteiger partial charge >= 0.3 is 0 Å². The minimum Gasteiger partial charge on any atom is -0.384 e. The zero-order valence-electron chi connectivity index (χ0n) is 19.8. The van der Waals surface area contributed by atoms with Gasteiger partial charge in [0.25, 0.3) is 5.56 Å². The largest absolute Gasteiger partial charge is 0.384 e. The number of hydrogen-bond acceptors (Lipinski definition) is 7. The Morgan fingerprint density at radius 2 is 2.06 bits per heavy atom. The lowest BCUT2D eigenvalue weighted by Crippen LogP contribution is -2.23. The van der Waals surface area contributed by atoms with Gasteiger partial charge in [0.05, 0.1) is 12.2 Å². The number of fused-ring (bicyclic) bond motifs is 2. The summed E-state index contributed by atoms with van der Waals surface area (Å²) in [5, 5.41) is 13.8. The molecular weight excluding hydrogens is 449 g/mol. The summed E-state index contributed by atoms with van der Waals surface area (Å²) < 4.78 is 17.7. The summed E-state index contributed by atoms with van der Waals surface area (Å²) in [6, 6.07) is 8.52. The zero-order chi connectivity index (χ0) is 24.9. The lowest BCUT2D eigenvalue weighted by atomic mass is 10.1. The summed E-state index contributed by atoms with van der Waals surface area (Å²) in [7, 11) is 1.94. The SMILES string of the molecule is C=CCn1c(=O)c2cnc(Nc3cc(F)c4c(c3)CN(C)C4)nc2n1-c1cccc(C(C)(C)O)n1. The van der Waals surface area contributed by atoms with Crippen LogP contribution in [-0.2, 0) is 25.2 Å². The molecule has 0 aliphatic carbocycles. The van der Waals surface area contributed by atoms with Crippen molar-refractivity contribution >= 4 is 22.7 Å². The second-order valence-corrected chi connectivity index (χ2v) is 9.25.